The zero-order valence-corrected chi connectivity index (χ0v) is 19.7. The van der Waals surface area contributed by atoms with E-state index in [0.717, 1.165) is 66.5 Å². The molecule has 2 N–H and O–H groups in total. The Kier molecular flexibility index (Phi) is 7.62. The standard InChI is InChI=1S/C26H33N5O2/c1-4-27-26(29-16-21-8-5-7-20-9-6-11-28-25(20)21)30-22-10-12-31(18-22)17-19-13-23(32-2)15-24(14-19)33-3/h5-9,11,13-15,22H,4,10,12,16-18H2,1-3H3,(H2,27,29,30). The summed E-state index contributed by atoms with van der Waals surface area (Å²) in [5.74, 6) is 2.49. The van der Waals surface area contributed by atoms with E-state index in [2.05, 4.69) is 63.8 Å². The number of likely N-dealkylation sites (tertiary alicyclic amines) is 1. The van der Waals surface area contributed by atoms with E-state index >= 15 is 0 Å². The molecular weight excluding hydrogens is 414 g/mol. The van der Waals surface area contributed by atoms with Crippen molar-refractivity contribution < 1.29 is 9.47 Å². The van der Waals surface area contributed by atoms with Gasteiger partial charge in [-0.15, -0.1) is 0 Å². The summed E-state index contributed by atoms with van der Waals surface area (Å²) in [4.78, 5) is 11.9. The van der Waals surface area contributed by atoms with Crippen LogP contribution in [0.2, 0.25) is 0 Å². The molecule has 2 heterocycles. The van der Waals surface area contributed by atoms with Crippen molar-refractivity contribution in [1.29, 1.82) is 0 Å². The van der Waals surface area contributed by atoms with Gasteiger partial charge in [-0.05, 0) is 42.7 Å². The van der Waals surface area contributed by atoms with E-state index < -0.39 is 0 Å². The number of hydrogen-bond acceptors (Lipinski definition) is 5. The highest BCUT2D eigenvalue weighted by molar-refractivity contribution is 5.83. The van der Waals surface area contributed by atoms with Crippen LogP contribution >= 0.6 is 0 Å². The zero-order valence-electron chi connectivity index (χ0n) is 19.7. The van der Waals surface area contributed by atoms with E-state index in [1.54, 1.807) is 14.2 Å². The molecule has 1 aliphatic rings. The first kappa shape index (κ1) is 22.9. The molecule has 1 unspecified atom stereocenters. The van der Waals surface area contributed by atoms with Gasteiger partial charge in [0.15, 0.2) is 5.96 Å². The lowest BCUT2D eigenvalue weighted by atomic mass is 10.1. The van der Waals surface area contributed by atoms with Gasteiger partial charge in [0.25, 0.3) is 0 Å². The molecule has 4 rings (SSSR count). The van der Waals surface area contributed by atoms with E-state index in [4.69, 9.17) is 14.5 Å². The van der Waals surface area contributed by atoms with E-state index in [9.17, 15) is 0 Å². The first-order valence-corrected chi connectivity index (χ1v) is 11.5. The third kappa shape index (κ3) is 5.93. The minimum Gasteiger partial charge on any atom is -0.497 e. The van der Waals surface area contributed by atoms with Crippen molar-refractivity contribution in [2.45, 2.75) is 32.5 Å². The molecule has 0 bridgehead atoms. The number of para-hydroxylation sites is 1. The van der Waals surface area contributed by atoms with Gasteiger partial charge in [-0.2, -0.15) is 0 Å². The number of ether oxygens (including phenoxy) is 2. The molecule has 1 aromatic heterocycles. The van der Waals surface area contributed by atoms with Crippen molar-refractivity contribution >= 4 is 16.9 Å². The fourth-order valence-electron chi connectivity index (χ4n) is 4.28. The van der Waals surface area contributed by atoms with Crippen molar-refractivity contribution in [2.24, 2.45) is 4.99 Å². The molecule has 0 amide bonds. The monoisotopic (exact) mass is 447 g/mol. The Morgan fingerprint density at radius 3 is 2.67 bits per heavy atom. The largest absolute Gasteiger partial charge is 0.497 e. The fraction of sp³-hybridized carbons (Fsp3) is 0.385. The average molecular weight is 448 g/mol. The molecule has 0 radical (unpaired) electrons. The van der Waals surface area contributed by atoms with Crippen LogP contribution < -0.4 is 20.1 Å². The van der Waals surface area contributed by atoms with Crippen LogP contribution in [0.15, 0.2) is 59.7 Å². The molecule has 7 nitrogen and oxygen atoms in total. The molecule has 1 saturated heterocycles. The molecule has 33 heavy (non-hydrogen) atoms. The van der Waals surface area contributed by atoms with Crippen LogP contribution in [0.25, 0.3) is 10.9 Å². The lowest BCUT2D eigenvalue weighted by Gasteiger charge is -2.19. The second-order valence-electron chi connectivity index (χ2n) is 8.27. The van der Waals surface area contributed by atoms with Crippen molar-refractivity contribution in [2.75, 3.05) is 33.9 Å². The lowest BCUT2D eigenvalue weighted by molar-refractivity contribution is 0.321. The van der Waals surface area contributed by atoms with Gasteiger partial charge >= 0.3 is 0 Å². The van der Waals surface area contributed by atoms with Gasteiger partial charge in [-0.25, -0.2) is 4.99 Å². The average Bonchev–Trinajstić information content (AvgIpc) is 3.28. The van der Waals surface area contributed by atoms with Crippen molar-refractivity contribution in [3.05, 3.63) is 65.9 Å². The topological polar surface area (TPSA) is 71.0 Å². The minimum absolute atomic E-state index is 0.348. The first-order valence-electron chi connectivity index (χ1n) is 11.5. The quantitative estimate of drug-likeness (QED) is 0.406. The maximum absolute atomic E-state index is 5.41. The number of guanidine groups is 1. The second-order valence-corrected chi connectivity index (χ2v) is 8.27. The maximum Gasteiger partial charge on any atom is 0.191 e. The Balaban J connectivity index is 1.39. The molecule has 1 aliphatic heterocycles. The summed E-state index contributed by atoms with van der Waals surface area (Å²) in [6.45, 7) is 6.35. The molecular formula is C26H33N5O2. The summed E-state index contributed by atoms with van der Waals surface area (Å²) in [6.07, 6.45) is 2.91. The van der Waals surface area contributed by atoms with Crippen LogP contribution in [0.4, 0.5) is 0 Å². The number of aliphatic imine (C=N–C) groups is 1. The molecule has 7 heteroatoms. The predicted molar refractivity (Wildman–Crippen MR) is 133 cm³/mol. The van der Waals surface area contributed by atoms with Gasteiger partial charge in [0.1, 0.15) is 11.5 Å². The van der Waals surface area contributed by atoms with E-state index in [0.29, 0.717) is 12.6 Å². The predicted octanol–water partition coefficient (Wildman–Crippen LogP) is 3.58. The highest BCUT2D eigenvalue weighted by atomic mass is 16.5. The molecule has 3 aromatic rings. The number of rotatable bonds is 8. The summed E-state index contributed by atoms with van der Waals surface area (Å²) in [5.41, 5.74) is 3.33. The Morgan fingerprint density at radius 1 is 1.12 bits per heavy atom. The van der Waals surface area contributed by atoms with Gasteiger partial charge in [-0.1, -0.05) is 24.3 Å². The molecule has 0 aliphatic carbocycles. The normalized spacial score (nSPS) is 16.7. The van der Waals surface area contributed by atoms with E-state index in [-0.39, 0.29) is 0 Å². The van der Waals surface area contributed by atoms with Crippen LogP contribution in [0.5, 0.6) is 11.5 Å². The van der Waals surface area contributed by atoms with Crippen molar-refractivity contribution in [3.63, 3.8) is 0 Å². The SMILES string of the molecule is CCNC(=NCc1cccc2cccnc12)NC1CCN(Cc2cc(OC)cc(OC)c2)C1. The van der Waals surface area contributed by atoms with Crippen LogP contribution in [0, 0.1) is 0 Å². The molecule has 174 valence electrons. The molecule has 1 fully saturated rings. The van der Waals surface area contributed by atoms with Crippen molar-refractivity contribution in [1.82, 2.24) is 20.5 Å². The Morgan fingerprint density at radius 2 is 1.91 bits per heavy atom. The van der Waals surface area contributed by atoms with Gasteiger partial charge in [-0.3, -0.25) is 9.88 Å². The number of aromatic nitrogens is 1. The number of methoxy groups -OCH3 is 2. The summed E-state index contributed by atoms with van der Waals surface area (Å²) >= 11 is 0. The van der Waals surface area contributed by atoms with Crippen LogP contribution in [-0.4, -0.2) is 55.7 Å². The Hall–Kier alpha value is -3.32. The van der Waals surface area contributed by atoms with Crippen LogP contribution in [0.3, 0.4) is 0 Å². The minimum atomic E-state index is 0.348. The molecule has 1 atom stereocenters. The Labute approximate surface area is 195 Å². The number of nitrogens with zero attached hydrogens (tertiary/aromatic N) is 3. The highest BCUT2D eigenvalue weighted by Crippen LogP contribution is 2.24. The van der Waals surface area contributed by atoms with E-state index in [1.807, 2.05) is 18.3 Å². The molecule has 2 aromatic carbocycles. The summed E-state index contributed by atoms with van der Waals surface area (Å²) in [5, 5.41) is 8.16. The molecule has 0 saturated carbocycles. The number of hydrogen-bond donors (Lipinski definition) is 2. The zero-order chi connectivity index (χ0) is 23.0. The smallest absolute Gasteiger partial charge is 0.191 e. The van der Waals surface area contributed by atoms with Gasteiger partial charge < -0.3 is 20.1 Å². The first-order chi connectivity index (χ1) is 16.2. The summed E-state index contributed by atoms with van der Waals surface area (Å²) in [6, 6.07) is 16.7. The summed E-state index contributed by atoms with van der Waals surface area (Å²) in [7, 11) is 3.37. The number of pyridine rings is 1. The van der Waals surface area contributed by atoms with Gasteiger partial charge in [0.05, 0.1) is 26.3 Å². The van der Waals surface area contributed by atoms with Crippen molar-refractivity contribution in [3.8, 4) is 11.5 Å². The number of fused-ring (bicyclic) bond motifs is 1. The Bertz CT molecular complexity index is 1070. The molecule has 0 spiro atoms. The maximum atomic E-state index is 5.41. The lowest BCUT2D eigenvalue weighted by Crippen LogP contribution is -2.44. The number of nitrogens with one attached hydrogen (secondary N) is 2. The number of benzene rings is 2. The third-order valence-corrected chi connectivity index (χ3v) is 5.90. The van der Waals surface area contributed by atoms with Crippen LogP contribution in [-0.2, 0) is 13.1 Å². The van der Waals surface area contributed by atoms with E-state index in [1.165, 1.54) is 5.56 Å². The van der Waals surface area contributed by atoms with Gasteiger partial charge in [0, 0.05) is 49.9 Å². The van der Waals surface area contributed by atoms with Crippen LogP contribution in [0.1, 0.15) is 24.5 Å². The fourth-order valence-corrected chi connectivity index (χ4v) is 4.28. The third-order valence-electron chi connectivity index (χ3n) is 5.90. The summed E-state index contributed by atoms with van der Waals surface area (Å²) < 4.78 is 10.8. The highest BCUT2D eigenvalue weighted by Gasteiger charge is 2.23. The second kappa shape index (κ2) is 11.0. The van der Waals surface area contributed by atoms with Gasteiger partial charge in [0.2, 0.25) is 0 Å².